The van der Waals surface area contributed by atoms with Crippen molar-refractivity contribution in [3.05, 3.63) is 95.6 Å². The Bertz CT molecular complexity index is 1520. The molecular weight excluding hydrogens is 534 g/mol. The van der Waals surface area contributed by atoms with Crippen LogP contribution in [0.25, 0.3) is 16.9 Å². The minimum absolute atomic E-state index is 0.101. The highest BCUT2D eigenvalue weighted by Crippen LogP contribution is 2.48. The van der Waals surface area contributed by atoms with E-state index in [0.717, 1.165) is 39.4 Å². The van der Waals surface area contributed by atoms with E-state index in [0.29, 0.717) is 18.9 Å². The van der Waals surface area contributed by atoms with E-state index in [9.17, 15) is 9.59 Å². The van der Waals surface area contributed by atoms with E-state index in [1.54, 1.807) is 28.5 Å². The molecule has 1 aromatic heterocycles. The van der Waals surface area contributed by atoms with Crippen LogP contribution >= 0.6 is 11.8 Å². The van der Waals surface area contributed by atoms with Gasteiger partial charge in [0.05, 0.1) is 29.5 Å². The van der Waals surface area contributed by atoms with E-state index in [1.165, 1.54) is 0 Å². The average molecular weight is 570 g/mol. The first-order chi connectivity index (χ1) is 19.9. The van der Waals surface area contributed by atoms with Crippen LogP contribution in [0.5, 0.6) is 5.75 Å². The third-order valence-corrected chi connectivity index (χ3v) is 8.24. The Hall–Kier alpha value is -4.08. The summed E-state index contributed by atoms with van der Waals surface area (Å²) in [5.74, 6) is 1.21. The van der Waals surface area contributed by atoms with E-state index in [4.69, 9.17) is 9.84 Å². The Labute approximate surface area is 245 Å². The van der Waals surface area contributed by atoms with Crippen LogP contribution in [0.15, 0.2) is 78.9 Å². The Morgan fingerprint density at radius 3 is 2.51 bits per heavy atom. The Morgan fingerprint density at radius 1 is 1.07 bits per heavy atom. The number of nitrogens with one attached hydrogen (secondary N) is 1. The van der Waals surface area contributed by atoms with Gasteiger partial charge in [0, 0.05) is 24.2 Å². The van der Waals surface area contributed by atoms with Crippen LogP contribution in [-0.4, -0.2) is 73.1 Å². The topological polar surface area (TPSA) is 79.7 Å². The number of rotatable bonds is 9. The average Bonchev–Trinajstić information content (AvgIpc) is 3.30. The highest BCUT2D eigenvalue weighted by Gasteiger charge is 2.37. The number of aromatic nitrogens is 2. The second kappa shape index (κ2) is 12.6. The molecule has 0 radical (unpaired) electrons. The molecule has 1 aliphatic heterocycles. The first-order valence-electron chi connectivity index (χ1n) is 13.6. The molecule has 0 saturated heterocycles. The van der Waals surface area contributed by atoms with Crippen molar-refractivity contribution in [2.75, 3.05) is 51.5 Å². The Morgan fingerprint density at radius 2 is 1.83 bits per heavy atom. The number of hydrogen-bond donors (Lipinski definition) is 1. The normalized spacial score (nSPS) is 15.0. The molecule has 0 aliphatic carbocycles. The largest absolute Gasteiger partial charge is 0.497 e. The number of amides is 2. The highest BCUT2D eigenvalue weighted by atomic mass is 32.2. The molecule has 0 bridgehead atoms. The number of aryl methyl sites for hydroxylation is 1. The summed E-state index contributed by atoms with van der Waals surface area (Å²) in [6.07, 6.45) is 0. The van der Waals surface area contributed by atoms with Crippen molar-refractivity contribution in [3.63, 3.8) is 0 Å². The van der Waals surface area contributed by atoms with Gasteiger partial charge in [0.15, 0.2) is 0 Å². The lowest BCUT2D eigenvalue weighted by Gasteiger charge is -2.23. The smallest absolute Gasteiger partial charge is 0.240 e. The first-order valence-corrected chi connectivity index (χ1v) is 14.6. The molecule has 2 heterocycles. The summed E-state index contributed by atoms with van der Waals surface area (Å²) in [5.41, 5.74) is 5.63. The van der Waals surface area contributed by atoms with E-state index in [2.05, 4.69) is 30.4 Å². The van der Waals surface area contributed by atoms with Gasteiger partial charge in [-0.15, -0.1) is 11.8 Å². The molecule has 0 spiro atoms. The molecule has 0 fully saturated rings. The van der Waals surface area contributed by atoms with Crippen molar-refractivity contribution >= 4 is 29.4 Å². The van der Waals surface area contributed by atoms with Crippen LogP contribution in [-0.2, 0) is 9.59 Å². The molecule has 1 aliphatic rings. The molecule has 1 N–H and O–H groups in total. The number of carbonyl (C=O) groups is 2. The fourth-order valence-corrected chi connectivity index (χ4v) is 6.13. The lowest BCUT2D eigenvalue weighted by molar-refractivity contribution is -0.122. The van der Waals surface area contributed by atoms with Crippen LogP contribution in [0.1, 0.15) is 21.9 Å². The fraction of sp³-hybridized carbons (Fsp3) is 0.281. The molecule has 4 aromatic rings. The molecular formula is C32H35N5O3S. The van der Waals surface area contributed by atoms with Gasteiger partial charge >= 0.3 is 0 Å². The highest BCUT2D eigenvalue weighted by molar-refractivity contribution is 8.00. The summed E-state index contributed by atoms with van der Waals surface area (Å²) in [4.78, 5) is 30.6. The fourth-order valence-electron chi connectivity index (χ4n) is 4.95. The van der Waals surface area contributed by atoms with Crippen molar-refractivity contribution in [2.45, 2.75) is 12.2 Å². The maximum Gasteiger partial charge on any atom is 0.240 e. The SMILES string of the molecule is COc1ccc(-n2nc(-c3ccccc3)c3c2N(CC(=O)NCCN(C)C)C(=O)CS[C@H]3c2cccc(C)c2)cc1. The maximum absolute atomic E-state index is 13.8. The van der Waals surface area contributed by atoms with Crippen molar-refractivity contribution < 1.29 is 14.3 Å². The minimum atomic E-state index is -0.214. The number of likely N-dealkylation sites (N-methyl/N-ethyl adjacent to an activating group) is 1. The third-order valence-electron chi connectivity index (χ3n) is 6.98. The molecule has 41 heavy (non-hydrogen) atoms. The summed E-state index contributed by atoms with van der Waals surface area (Å²) in [6.45, 7) is 3.17. The van der Waals surface area contributed by atoms with E-state index in [1.807, 2.05) is 79.7 Å². The number of thioether (sulfide) groups is 1. The summed E-state index contributed by atoms with van der Waals surface area (Å²) in [5, 5.41) is 7.94. The van der Waals surface area contributed by atoms with Gasteiger partial charge in [0.1, 0.15) is 18.1 Å². The van der Waals surface area contributed by atoms with Gasteiger partial charge in [-0.25, -0.2) is 4.68 Å². The van der Waals surface area contributed by atoms with E-state index >= 15 is 0 Å². The molecule has 0 saturated carbocycles. The summed E-state index contributed by atoms with van der Waals surface area (Å²) in [6, 6.07) is 26.0. The zero-order valence-corrected chi connectivity index (χ0v) is 24.6. The van der Waals surface area contributed by atoms with Gasteiger partial charge < -0.3 is 15.0 Å². The van der Waals surface area contributed by atoms with Gasteiger partial charge in [0.25, 0.3) is 0 Å². The molecule has 3 aromatic carbocycles. The standard InChI is InChI=1S/C32H35N5O3S/c1-22-9-8-12-24(19-22)31-29-30(23-10-6-5-7-11-23)34-37(25-13-15-26(40-4)16-14-25)32(29)36(28(39)21-41-31)20-27(38)33-17-18-35(2)3/h5-16,19,31H,17-18,20-21H2,1-4H3,(H,33,38)/t31-/m0/s1. The monoisotopic (exact) mass is 569 g/mol. The number of nitrogens with zero attached hydrogens (tertiary/aromatic N) is 4. The predicted molar refractivity (Wildman–Crippen MR) is 165 cm³/mol. The van der Waals surface area contributed by atoms with E-state index in [-0.39, 0.29) is 29.4 Å². The maximum atomic E-state index is 13.8. The van der Waals surface area contributed by atoms with Gasteiger partial charge in [0.2, 0.25) is 11.8 Å². The molecule has 1 atom stereocenters. The van der Waals surface area contributed by atoms with Crippen LogP contribution in [0.4, 0.5) is 5.82 Å². The zero-order chi connectivity index (χ0) is 28.9. The number of anilines is 1. The number of benzene rings is 3. The number of fused-ring (bicyclic) bond motifs is 1. The van der Waals surface area contributed by atoms with Crippen LogP contribution in [0.2, 0.25) is 0 Å². The number of methoxy groups -OCH3 is 1. The number of carbonyl (C=O) groups excluding carboxylic acids is 2. The lowest BCUT2D eigenvalue weighted by atomic mass is 9.98. The van der Waals surface area contributed by atoms with Crippen molar-refractivity contribution in [2.24, 2.45) is 0 Å². The zero-order valence-electron chi connectivity index (χ0n) is 23.8. The summed E-state index contributed by atoms with van der Waals surface area (Å²) < 4.78 is 7.19. The second-order valence-electron chi connectivity index (χ2n) is 10.3. The minimum Gasteiger partial charge on any atom is -0.497 e. The van der Waals surface area contributed by atoms with Crippen molar-refractivity contribution in [1.29, 1.82) is 0 Å². The van der Waals surface area contributed by atoms with Crippen molar-refractivity contribution in [3.8, 4) is 22.7 Å². The van der Waals surface area contributed by atoms with Crippen molar-refractivity contribution in [1.82, 2.24) is 20.0 Å². The van der Waals surface area contributed by atoms with Gasteiger partial charge in [-0.3, -0.25) is 14.5 Å². The predicted octanol–water partition coefficient (Wildman–Crippen LogP) is 4.70. The summed E-state index contributed by atoms with van der Waals surface area (Å²) in [7, 11) is 5.54. The van der Waals surface area contributed by atoms with Gasteiger partial charge in [-0.2, -0.15) is 5.10 Å². The molecule has 0 unspecified atom stereocenters. The molecule has 8 nitrogen and oxygen atoms in total. The summed E-state index contributed by atoms with van der Waals surface area (Å²) >= 11 is 1.57. The second-order valence-corrected chi connectivity index (χ2v) is 11.4. The molecule has 212 valence electrons. The Kier molecular flexibility index (Phi) is 8.75. The lowest BCUT2D eigenvalue weighted by Crippen LogP contribution is -2.43. The van der Waals surface area contributed by atoms with E-state index < -0.39 is 0 Å². The Balaban J connectivity index is 1.72. The van der Waals surface area contributed by atoms with Crippen LogP contribution < -0.4 is 15.0 Å². The van der Waals surface area contributed by atoms with Gasteiger partial charge in [-0.1, -0.05) is 60.2 Å². The van der Waals surface area contributed by atoms with Crippen LogP contribution in [0.3, 0.4) is 0 Å². The molecule has 5 rings (SSSR count). The first kappa shape index (κ1) is 28.4. The number of ether oxygens (including phenoxy) is 1. The quantitative estimate of drug-likeness (QED) is 0.315. The molecule has 9 heteroatoms. The third kappa shape index (κ3) is 6.31. The number of hydrogen-bond acceptors (Lipinski definition) is 6. The van der Waals surface area contributed by atoms with Gasteiger partial charge in [-0.05, 0) is 50.8 Å². The van der Waals surface area contributed by atoms with Crippen LogP contribution in [0, 0.1) is 6.92 Å². The molecule has 2 amide bonds.